The zero-order chi connectivity index (χ0) is 14.6. The first-order chi connectivity index (χ1) is 8.72. The number of nitrogens with one attached hydrogen (secondary N) is 1. The van der Waals surface area contributed by atoms with Crippen molar-refractivity contribution in [1.82, 2.24) is 5.32 Å². The molecule has 0 aromatic heterocycles. The third-order valence-electron chi connectivity index (χ3n) is 2.91. The van der Waals surface area contributed by atoms with E-state index in [9.17, 15) is 14.0 Å². The minimum atomic E-state index is -1.12. The molecule has 0 aliphatic rings. The first kappa shape index (κ1) is 15.1. The van der Waals surface area contributed by atoms with Crippen molar-refractivity contribution < 1.29 is 19.1 Å². The average Bonchev–Trinajstić information content (AvgIpc) is 2.27. The summed E-state index contributed by atoms with van der Waals surface area (Å²) in [7, 11) is 0. The molecule has 0 radical (unpaired) electrons. The molecule has 1 rings (SSSR count). The van der Waals surface area contributed by atoms with E-state index in [1.807, 2.05) is 0 Å². The highest BCUT2D eigenvalue weighted by molar-refractivity contribution is 5.84. The first-order valence-electron chi connectivity index (χ1n) is 6.00. The van der Waals surface area contributed by atoms with Gasteiger partial charge in [-0.1, -0.05) is 12.1 Å². The summed E-state index contributed by atoms with van der Waals surface area (Å²) in [5.41, 5.74) is -0.479. The fourth-order valence-electron chi connectivity index (χ4n) is 1.63. The van der Waals surface area contributed by atoms with E-state index < -0.39 is 11.4 Å². The van der Waals surface area contributed by atoms with E-state index in [2.05, 4.69) is 5.32 Å². The molecule has 1 atom stereocenters. The lowest BCUT2D eigenvalue weighted by molar-refractivity contribution is -0.149. The second-order valence-corrected chi connectivity index (χ2v) is 5.21. The Kier molecular flexibility index (Phi) is 4.64. The van der Waals surface area contributed by atoms with Crippen molar-refractivity contribution in [3.63, 3.8) is 0 Å². The van der Waals surface area contributed by atoms with E-state index in [-0.39, 0.29) is 24.2 Å². The third-order valence-corrected chi connectivity index (χ3v) is 2.91. The Morgan fingerprint density at radius 3 is 2.58 bits per heavy atom. The molecule has 0 fully saturated rings. The number of carboxylic acid groups (broad SMARTS) is 1. The van der Waals surface area contributed by atoms with Crippen molar-refractivity contribution in [1.29, 1.82) is 0 Å². The van der Waals surface area contributed by atoms with Crippen molar-refractivity contribution in [2.45, 2.75) is 33.2 Å². The topological polar surface area (TPSA) is 66.4 Å². The Morgan fingerprint density at radius 2 is 2.05 bits per heavy atom. The molecule has 5 heteroatoms. The maximum Gasteiger partial charge on any atom is 0.309 e. The van der Waals surface area contributed by atoms with Gasteiger partial charge in [0, 0.05) is 6.42 Å². The fourth-order valence-corrected chi connectivity index (χ4v) is 1.63. The van der Waals surface area contributed by atoms with E-state index in [1.165, 1.54) is 26.0 Å². The summed E-state index contributed by atoms with van der Waals surface area (Å²) >= 11 is 0. The maximum atomic E-state index is 13.1. The second-order valence-electron chi connectivity index (χ2n) is 5.21. The van der Waals surface area contributed by atoms with E-state index in [4.69, 9.17) is 5.11 Å². The number of halogens is 1. The molecule has 0 aliphatic heterocycles. The molecule has 4 nitrogen and oxygen atoms in total. The molecule has 0 spiro atoms. The molecule has 1 aromatic carbocycles. The number of amides is 1. The Labute approximate surface area is 111 Å². The highest BCUT2D eigenvalue weighted by Gasteiger charge is 2.30. The van der Waals surface area contributed by atoms with Gasteiger partial charge < -0.3 is 10.4 Å². The lowest BCUT2D eigenvalue weighted by Crippen LogP contribution is -2.34. The molecule has 1 amide bonds. The van der Waals surface area contributed by atoms with Crippen molar-refractivity contribution in [3.05, 3.63) is 35.6 Å². The van der Waals surface area contributed by atoms with Crippen LogP contribution in [0.15, 0.2) is 24.3 Å². The minimum absolute atomic E-state index is 0.123. The maximum absolute atomic E-state index is 13.1. The quantitative estimate of drug-likeness (QED) is 0.861. The van der Waals surface area contributed by atoms with Gasteiger partial charge >= 0.3 is 5.97 Å². The average molecular weight is 267 g/mol. The van der Waals surface area contributed by atoms with Crippen LogP contribution >= 0.6 is 0 Å². The molecular weight excluding hydrogens is 249 g/mol. The molecule has 0 saturated heterocycles. The number of carbonyl (C=O) groups is 2. The lowest BCUT2D eigenvalue weighted by atomic mass is 9.89. The van der Waals surface area contributed by atoms with Crippen LogP contribution in [-0.2, 0) is 9.59 Å². The zero-order valence-electron chi connectivity index (χ0n) is 11.2. The van der Waals surface area contributed by atoms with Gasteiger partial charge in [-0.15, -0.1) is 0 Å². The van der Waals surface area contributed by atoms with Crippen molar-refractivity contribution in [2.75, 3.05) is 0 Å². The smallest absolute Gasteiger partial charge is 0.309 e. The highest BCUT2D eigenvalue weighted by Crippen LogP contribution is 2.21. The standard InChI is InChI=1S/C14H18FNO3/c1-9(10-5-4-6-11(15)7-10)16-12(17)8-14(2,3)13(18)19/h4-7,9H,8H2,1-3H3,(H,16,17)(H,18,19)/t9-/m0/s1. The lowest BCUT2D eigenvalue weighted by Gasteiger charge is -2.20. The first-order valence-corrected chi connectivity index (χ1v) is 6.00. The van der Waals surface area contributed by atoms with Crippen molar-refractivity contribution in [3.8, 4) is 0 Å². The Bertz CT molecular complexity index is 485. The molecule has 104 valence electrons. The summed E-state index contributed by atoms with van der Waals surface area (Å²) in [4.78, 5) is 22.7. The number of hydrogen-bond acceptors (Lipinski definition) is 2. The van der Waals surface area contributed by atoms with Gasteiger partial charge in [-0.05, 0) is 38.5 Å². The van der Waals surface area contributed by atoms with Crippen LogP contribution in [0.3, 0.4) is 0 Å². The second kappa shape index (κ2) is 5.82. The predicted octanol–water partition coefficient (Wildman–Crippen LogP) is 2.50. The van der Waals surface area contributed by atoms with Crippen LogP contribution in [0.4, 0.5) is 4.39 Å². The van der Waals surface area contributed by atoms with Crippen molar-refractivity contribution >= 4 is 11.9 Å². The predicted molar refractivity (Wildman–Crippen MR) is 69.0 cm³/mol. The van der Waals surface area contributed by atoms with Crippen LogP contribution in [0.5, 0.6) is 0 Å². The largest absolute Gasteiger partial charge is 0.481 e. The molecule has 19 heavy (non-hydrogen) atoms. The molecule has 0 saturated carbocycles. The van der Waals surface area contributed by atoms with E-state index in [1.54, 1.807) is 19.1 Å². The molecule has 0 unspecified atom stereocenters. The Balaban J connectivity index is 2.65. The van der Waals surface area contributed by atoms with Gasteiger partial charge in [-0.3, -0.25) is 9.59 Å². The molecule has 2 N–H and O–H groups in total. The minimum Gasteiger partial charge on any atom is -0.481 e. The van der Waals surface area contributed by atoms with Crippen LogP contribution in [0.25, 0.3) is 0 Å². The van der Waals surface area contributed by atoms with Crippen LogP contribution < -0.4 is 5.32 Å². The molecule has 0 bridgehead atoms. The number of aliphatic carboxylic acids is 1. The van der Waals surface area contributed by atoms with Crippen LogP contribution in [0.2, 0.25) is 0 Å². The highest BCUT2D eigenvalue weighted by atomic mass is 19.1. The molecule has 1 aromatic rings. The number of rotatable bonds is 5. The van der Waals surface area contributed by atoms with Gasteiger partial charge in [0.15, 0.2) is 0 Å². The van der Waals surface area contributed by atoms with E-state index >= 15 is 0 Å². The van der Waals surface area contributed by atoms with Gasteiger partial charge in [-0.2, -0.15) is 0 Å². The number of carbonyl (C=O) groups excluding carboxylic acids is 1. The summed E-state index contributed by atoms with van der Waals surface area (Å²) in [6.45, 7) is 4.70. The van der Waals surface area contributed by atoms with Crippen LogP contribution in [0, 0.1) is 11.2 Å². The summed E-state index contributed by atoms with van der Waals surface area (Å²) in [6.07, 6.45) is -0.123. The van der Waals surface area contributed by atoms with Gasteiger partial charge in [0.2, 0.25) is 5.91 Å². The Hall–Kier alpha value is -1.91. The zero-order valence-corrected chi connectivity index (χ0v) is 11.2. The molecule has 0 heterocycles. The van der Waals surface area contributed by atoms with E-state index in [0.717, 1.165) is 0 Å². The van der Waals surface area contributed by atoms with Gasteiger partial charge in [0.1, 0.15) is 5.82 Å². The molecular formula is C14H18FNO3. The number of benzene rings is 1. The normalized spacial score (nSPS) is 12.8. The van der Waals surface area contributed by atoms with Gasteiger partial charge in [-0.25, -0.2) is 4.39 Å². The number of carboxylic acids is 1. The van der Waals surface area contributed by atoms with E-state index in [0.29, 0.717) is 5.56 Å². The van der Waals surface area contributed by atoms with Gasteiger partial charge in [0.25, 0.3) is 0 Å². The number of hydrogen-bond donors (Lipinski definition) is 2. The monoisotopic (exact) mass is 267 g/mol. The summed E-state index contributed by atoms with van der Waals surface area (Å²) < 4.78 is 13.1. The van der Waals surface area contributed by atoms with Crippen molar-refractivity contribution in [2.24, 2.45) is 5.41 Å². The SMILES string of the molecule is C[C@H](NC(=O)CC(C)(C)C(=O)O)c1cccc(F)c1. The summed E-state index contributed by atoms with van der Waals surface area (Å²) in [6, 6.07) is 5.57. The summed E-state index contributed by atoms with van der Waals surface area (Å²) in [5.74, 6) is -1.77. The summed E-state index contributed by atoms with van der Waals surface area (Å²) in [5, 5.41) is 11.6. The van der Waals surface area contributed by atoms with Crippen LogP contribution in [0.1, 0.15) is 38.8 Å². The van der Waals surface area contributed by atoms with Crippen LogP contribution in [-0.4, -0.2) is 17.0 Å². The fraction of sp³-hybridized carbons (Fsp3) is 0.429. The molecule has 0 aliphatic carbocycles. The third kappa shape index (κ3) is 4.35. The van der Waals surface area contributed by atoms with Gasteiger partial charge in [0.05, 0.1) is 11.5 Å². The Morgan fingerprint density at radius 1 is 1.42 bits per heavy atom.